The first-order chi connectivity index (χ1) is 17.4. The second kappa shape index (κ2) is 9.20. The molecule has 1 amide bonds. The number of carbonyl (C=O) groups excluding carboxylic acids is 1. The molecule has 5 nitrogen and oxygen atoms in total. The number of methoxy groups -OCH3 is 1. The Morgan fingerprint density at radius 1 is 1.00 bits per heavy atom. The fraction of sp³-hybridized carbons (Fsp3) is 0.452. The molecule has 7 rings (SSSR count). The lowest BCUT2D eigenvalue weighted by atomic mass is 9.48. The molecule has 2 N–H and O–H groups in total. The highest BCUT2D eigenvalue weighted by Gasteiger charge is 2.52. The van der Waals surface area contributed by atoms with Crippen molar-refractivity contribution in [3.05, 3.63) is 65.7 Å². The molecule has 1 unspecified atom stereocenters. The van der Waals surface area contributed by atoms with Crippen LogP contribution in [0.2, 0.25) is 0 Å². The van der Waals surface area contributed by atoms with Gasteiger partial charge < -0.3 is 19.9 Å². The Balaban J connectivity index is 1.45. The van der Waals surface area contributed by atoms with E-state index >= 15 is 0 Å². The van der Waals surface area contributed by atoms with E-state index in [9.17, 15) is 4.79 Å². The number of nitrogens with two attached hydrogens (primary N) is 1. The first-order valence-corrected chi connectivity index (χ1v) is 13.2. The van der Waals surface area contributed by atoms with Crippen LogP contribution in [0.1, 0.15) is 61.4 Å². The maximum atomic E-state index is 11.6. The topological polar surface area (TPSA) is 70.8 Å². The van der Waals surface area contributed by atoms with Crippen molar-refractivity contribution in [2.45, 2.75) is 57.2 Å². The molecule has 1 atom stereocenters. The second-order valence-electron chi connectivity index (χ2n) is 11.2. The maximum Gasteiger partial charge on any atom is 0.248 e. The number of carbonyl (C=O) groups is 1. The Hall–Kier alpha value is -2.89. The van der Waals surface area contributed by atoms with E-state index in [2.05, 4.69) is 30.3 Å². The van der Waals surface area contributed by atoms with Crippen LogP contribution in [0.4, 0.5) is 0 Å². The SMILES string of the molecule is COC(C)OCOc1cc2cccc(-c3ccc(C(N)=O)cc3)c2cc1C12CC3CC(CC(C3)C1)C2. The fourth-order valence-electron chi connectivity index (χ4n) is 7.61. The minimum absolute atomic E-state index is 0.161. The zero-order valence-corrected chi connectivity index (χ0v) is 21.2. The molecule has 3 aromatic carbocycles. The van der Waals surface area contributed by atoms with Gasteiger partial charge >= 0.3 is 0 Å². The Bertz CT molecular complexity index is 1250. The highest BCUT2D eigenvalue weighted by atomic mass is 16.7. The highest BCUT2D eigenvalue weighted by molar-refractivity contribution is 5.99. The van der Waals surface area contributed by atoms with Crippen molar-refractivity contribution in [3.8, 4) is 16.9 Å². The van der Waals surface area contributed by atoms with Crippen LogP contribution >= 0.6 is 0 Å². The van der Waals surface area contributed by atoms with Crippen LogP contribution in [0.3, 0.4) is 0 Å². The molecule has 0 aliphatic heterocycles. The van der Waals surface area contributed by atoms with Gasteiger partial charge in [0.05, 0.1) is 0 Å². The van der Waals surface area contributed by atoms with Crippen LogP contribution in [0.5, 0.6) is 5.75 Å². The van der Waals surface area contributed by atoms with E-state index < -0.39 is 5.91 Å². The van der Waals surface area contributed by atoms with Crippen molar-refractivity contribution in [1.29, 1.82) is 0 Å². The quantitative estimate of drug-likeness (QED) is 0.374. The summed E-state index contributed by atoms with van der Waals surface area (Å²) in [5, 5.41) is 2.35. The van der Waals surface area contributed by atoms with Gasteiger partial charge in [0.25, 0.3) is 0 Å². The number of amides is 1. The molecule has 4 saturated carbocycles. The molecule has 4 bridgehead atoms. The van der Waals surface area contributed by atoms with Gasteiger partial charge in [-0.2, -0.15) is 0 Å². The van der Waals surface area contributed by atoms with Crippen molar-refractivity contribution in [1.82, 2.24) is 0 Å². The van der Waals surface area contributed by atoms with Crippen molar-refractivity contribution in [3.63, 3.8) is 0 Å². The third-order valence-corrected chi connectivity index (χ3v) is 8.92. The van der Waals surface area contributed by atoms with Gasteiger partial charge in [-0.05, 0) is 115 Å². The molecule has 4 aliphatic carbocycles. The van der Waals surface area contributed by atoms with Crippen molar-refractivity contribution in [2.24, 2.45) is 23.5 Å². The lowest BCUT2D eigenvalue weighted by molar-refractivity contribution is -0.150. The predicted molar refractivity (Wildman–Crippen MR) is 141 cm³/mol. The van der Waals surface area contributed by atoms with E-state index in [0.717, 1.165) is 40.0 Å². The normalized spacial score (nSPS) is 27.3. The number of fused-ring (bicyclic) bond motifs is 1. The van der Waals surface area contributed by atoms with Gasteiger partial charge in [0.15, 0.2) is 13.1 Å². The molecule has 5 heteroatoms. The van der Waals surface area contributed by atoms with E-state index in [1.54, 1.807) is 7.11 Å². The Labute approximate surface area is 212 Å². The van der Waals surface area contributed by atoms with Gasteiger partial charge in [0.1, 0.15) is 5.75 Å². The molecule has 4 fully saturated rings. The zero-order chi connectivity index (χ0) is 24.9. The number of hydrogen-bond acceptors (Lipinski definition) is 4. The van der Waals surface area contributed by atoms with E-state index in [1.807, 2.05) is 31.2 Å². The van der Waals surface area contributed by atoms with Crippen LogP contribution in [0.25, 0.3) is 21.9 Å². The summed E-state index contributed by atoms with van der Waals surface area (Å²) in [6.07, 6.45) is 7.64. The molecule has 3 aromatic rings. The third-order valence-electron chi connectivity index (χ3n) is 8.92. The molecule has 0 aromatic heterocycles. The lowest BCUT2D eigenvalue weighted by Crippen LogP contribution is -2.48. The van der Waals surface area contributed by atoms with E-state index in [0.29, 0.717) is 5.56 Å². The summed E-state index contributed by atoms with van der Waals surface area (Å²) in [7, 11) is 1.64. The Kier molecular flexibility index (Phi) is 6.01. The van der Waals surface area contributed by atoms with E-state index in [1.165, 1.54) is 49.5 Å². The van der Waals surface area contributed by atoms with Gasteiger partial charge in [0.2, 0.25) is 5.91 Å². The summed E-state index contributed by atoms with van der Waals surface area (Å²) >= 11 is 0. The summed E-state index contributed by atoms with van der Waals surface area (Å²) in [4.78, 5) is 11.6. The molecule has 0 heterocycles. The first-order valence-electron chi connectivity index (χ1n) is 13.2. The fourth-order valence-corrected chi connectivity index (χ4v) is 7.61. The van der Waals surface area contributed by atoms with Crippen molar-refractivity contribution in [2.75, 3.05) is 13.9 Å². The summed E-state index contributed by atoms with van der Waals surface area (Å²) < 4.78 is 17.3. The minimum atomic E-state index is -0.407. The molecule has 0 radical (unpaired) electrons. The van der Waals surface area contributed by atoms with Crippen LogP contribution in [0, 0.1) is 17.8 Å². The van der Waals surface area contributed by atoms with E-state index in [-0.39, 0.29) is 18.5 Å². The van der Waals surface area contributed by atoms with E-state index in [4.69, 9.17) is 19.9 Å². The number of benzene rings is 3. The van der Waals surface area contributed by atoms with Gasteiger partial charge in [-0.25, -0.2) is 0 Å². The number of rotatable bonds is 8. The highest BCUT2D eigenvalue weighted by Crippen LogP contribution is 2.62. The molecule has 36 heavy (non-hydrogen) atoms. The molecule has 4 aliphatic rings. The molecule has 188 valence electrons. The van der Waals surface area contributed by atoms with Gasteiger partial charge in [-0.15, -0.1) is 0 Å². The largest absolute Gasteiger partial charge is 0.467 e. The summed E-state index contributed by atoms with van der Waals surface area (Å²) in [5.41, 5.74) is 9.74. The lowest BCUT2D eigenvalue weighted by Gasteiger charge is -2.57. The van der Waals surface area contributed by atoms with Gasteiger partial charge in [-0.1, -0.05) is 30.3 Å². The summed E-state index contributed by atoms with van der Waals surface area (Å²) in [6, 6.07) is 18.6. The molecular formula is C31H35NO4. The second-order valence-corrected chi connectivity index (χ2v) is 11.2. The van der Waals surface area contributed by atoms with Crippen LogP contribution < -0.4 is 10.5 Å². The molecule has 0 spiro atoms. The van der Waals surface area contributed by atoms with Gasteiger partial charge in [-0.3, -0.25) is 4.79 Å². The number of primary amides is 1. The first kappa shape index (κ1) is 23.5. The average Bonchev–Trinajstić information content (AvgIpc) is 2.87. The monoisotopic (exact) mass is 485 g/mol. The zero-order valence-electron chi connectivity index (χ0n) is 21.2. The maximum absolute atomic E-state index is 11.6. The smallest absolute Gasteiger partial charge is 0.248 e. The summed E-state index contributed by atoms with van der Waals surface area (Å²) in [5.74, 6) is 3.03. The predicted octanol–water partition coefficient (Wildman–Crippen LogP) is 6.42. The van der Waals surface area contributed by atoms with Crippen LogP contribution in [-0.4, -0.2) is 26.1 Å². The van der Waals surface area contributed by atoms with Gasteiger partial charge in [0, 0.05) is 18.2 Å². The molecule has 0 saturated heterocycles. The number of ether oxygens (including phenoxy) is 3. The Morgan fingerprint density at radius 2 is 1.67 bits per heavy atom. The van der Waals surface area contributed by atoms with Crippen LogP contribution in [0.15, 0.2) is 54.6 Å². The average molecular weight is 486 g/mol. The van der Waals surface area contributed by atoms with Crippen molar-refractivity contribution < 1.29 is 19.0 Å². The third kappa shape index (κ3) is 4.18. The molecular weight excluding hydrogens is 450 g/mol. The standard InChI is InChI=1S/C31H35NO4/c1-19(34-2)35-18-36-29-13-25-4-3-5-26(23-6-8-24(9-7-23)30(32)33)27(25)14-28(29)31-15-20-10-21(16-31)12-22(11-20)17-31/h3-9,13-14,19-22H,10-12,15-18H2,1-2H3,(H2,32,33). The van der Waals surface area contributed by atoms with Crippen LogP contribution in [-0.2, 0) is 14.9 Å². The Morgan fingerprint density at radius 3 is 2.28 bits per heavy atom. The van der Waals surface area contributed by atoms with Crippen molar-refractivity contribution >= 4 is 16.7 Å². The number of hydrogen-bond donors (Lipinski definition) is 1. The summed E-state index contributed by atoms with van der Waals surface area (Å²) in [6.45, 7) is 2.04. The minimum Gasteiger partial charge on any atom is -0.467 e.